The van der Waals surface area contributed by atoms with Crippen molar-refractivity contribution in [1.82, 2.24) is 0 Å². The molecule has 0 saturated carbocycles. The van der Waals surface area contributed by atoms with Gasteiger partial charge in [0.1, 0.15) is 12.7 Å². The van der Waals surface area contributed by atoms with Gasteiger partial charge < -0.3 is 23.7 Å². The summed E-state index contributed by atoms with van der Waals surface area (Å²) in [6.07, 6.45) is -3.49. The first kappa shape index (κ1) is 22.9. The van der Waals surface area contributed by atoms with Crippen LogP contribution in [0.1, 0.15) is 34.1 Å². The van der Waals surface area contributed by atoms with Crippen LogP contribution < -0.4 is 0 Å². The lowest BCUT2D eigenvalue weighted by atomic mass is 9.92. The number of carbonyl (C=O) groups excluding carboxylic acids is 4. The molecule has 0 spiro atoms. The van der Waals surface area contributed by atoms with Gasteiger partial charge in [0.2, 0.25) is 0 Å². The minimum atomic E-state index is -1.69. The molecule has 0 aromatic carbocycles. The van der Waals surface area contributed by atoms with Crippen molar-refractivity contribution in [3.63, 3.8) is 0 Å². The summed E-state index contributed by atoms with van der Waals surface area (Å²) < 4.78 is 26.4. The maximum Gasteiger partial charge on any atom is 0.303 e. The van der Waals surface area contributed by atoms with Crippen LogP contribution in [-0.4, -0.2) is 60.0 Å². The fraction of sp³-hybridized carbons (Fsp3) is 0.647. The van der Waals surface area contributed by atoms with E-state index in [0.29, 0.717) is 0 Å². The monoisotopic (exact) mass is 406 g/mol. The second-order valence-corrected chi connectivity index (χ2v) is 6.56. The van der Waals surface area contributed by atoms with Gasteiger partial charge in [0.05, 0.1) is 0 Å². The van der Waals surface area contributed by atoms with Crippen LogP contribution in [0.4, 0.5) is 0 Å². The Balaban J connectivity index is 3.38. The molecule has 5 atom stereocenters. The number of ether oxygens (including phenoxy) is 5. The molecule has 0 aromatic rings. The van der Waals surface area contributed by atoms with Crippen LogP contribution in [0.2, 0.25) is 0 Å². The molecule has 9 nitrogen and oxygen atoms in total. The molecule has 1 saturated heterocycles. The van der Waals surface area contributed by atoms with E-state index in [2.05, 4.69) is 6.58 Å². The average Bonchev–Trinajstić information content (AvgIpc) is 2.51. The molecule has 0 amide bonds. The van der Waals surface area contributed by atoms with Gasteiger partial charge in [0.15, 0.2) is 23.4 Å². The largest absolute Gasteiger partial charge is 0.463 e. The van der Waals surface area contributed by atoms with Gasteiger partial charge >= 0.3 is 23.9 Å². The van der Waals surface area contributed by atoms with Crippen LogP contribution >= 0.6 is 11.6 Å². The summed E-state index contributed by atoms with van der Waals surface area (Å²) >= 11 is 6.53. The molecule has 10 heteroatoms. The number of rotatable bonds is 7. The molecule has 1 aliphatic rings. The highest BCUT2D eigenvalue weighted by molar-refractivity contribution is 6.23. The Morgan fingerprint density at radius 3 is 1.93 bits per heavy atom. The molecule has 0 N–H and O–H groups in total. The lowest BCUT2D eigenvalue weighted by Crippen LogP contribution is -2.66. The normalized spacial score (nSPS) is 30.0. The van der Waals surface area contributed by atoms with Crippen molar-refractivity contribution >= 4 is 35.5 Å². The fourth-order valence-electron chi connectivity index (χ4n) is 2.69. The number of hydrogen-bond donors (Lipinski definition) is 0. The highest BCUT2D eigenvalue weighted by Crippen LogP contribution is 2.41. The predicted octanol–water partition coefficient (Wildman–Crippen LogP) is 1.25. The van der Waals surface area contributed by atoms with Gasteiger partial charge in [0, 0.05) is 34.1 Å². The second-order valence-electron chi connectivity index (χ2n) is 5.92. The third-order valence-corrected chi connectivity index (χ3v) is 3.99. The zero-order valence-corrected chi connectivity index (χ0v) is 16.3. The van der Waals surface area contributed by atoms with Crippen molar-refractivity contribution < 1.29 is 42.9 Å². The van der Waals surface area contributed by atoms with Gasteiger partial charge in [-0.05, 0) is 0 Å². The summed E-state index contributed by atoms with van der Waals surface area (Å²) in [7, 11) is 0. The third kappa shape index (κ3) is 6.51. The van der Waals surface area contributed by atoms with Crippen molar-refractivity contribution in [3.8, 4) is 0 Å². The summed E-state index contributed by atoms with van der Waals surface area (Å²) in [5, 5.41) is -1.69. The summed E-state index contributed by atoms with van der Waals surface area (Å²) in [5.74, 6) is -2.74. The molecule has 1 aliphatic heterocycles. The molecule has 27 heavy (non-hydrogen) atoms. The molecule has 0 aliphatic carbocycles. The molecule has 152 valence electrons. The van der Waals surface area contributed by atoms with Crippen molar-refractivity contribution in [2.45, 2.75) is 63.6 Å². The molecule has 1 rings (SSSR count). The van der Waals surface area contributed by atoms with Crippen molar-refractivity contribution in [2.75, 3.05) is 6.61 Å². The Kier molecular flexibility index (Phi) is 8.23. The Hall–Kier alpha value is -2.13. The number of carbonyl (C=O) groups is 4. The van der Waals surface area contributed by atoms with E-state index in [4.69, 9.17) is 35.3 Å². The van der Waals surface area contributed by atoms with Crippen molar-refractivity contribution in [2.24, 2.45) is 0 Å². The van der Waals surface area contributed by atoms with E-state index in [1.54, 1.807) is 0 Å². The number of alkyl halides is 1. The van der Waals surface area contributed by atoms with Gasteiger partial charge in [-0.1, -0.05) is 17.7 Å². The third-order valence-electron chi connectivity index (χ3n) is 3.53. The van der Waals surface area contributed by atoms with Crippen LogP contribution in [0.5, 0.6) is 0 Å². The smallest absolute Gasteiger partial charge is 0.303 e. The zero-order chi connectivity index (χ0) is 20.8. The second kappa shape index (κ2) is 9.70. The molecule has 1 fully saturated rings. The molecule has 1 heterocycles. The quantitative estimate of drug-likeness (QED) is 0.266. The number of esters is 4. The van der Waals surface area contributed by atoms with E-state index in [1.165, 1.54) is 13.0 Å². The van der Waals surface area contributed by atoms with Gasteiger partial charge in [-0.15, -0.1) is 6.58 Å². The van der Waals surface area contributed by atoms with Crippen LogP contribution in [-0.2, 0) is 42.9 Å². The molecular weight excluding hydrogens is 384 g/mol. The predicted molar refractivity (Wildman–Crippen MR) is 91.6 cm³/mol. The van der Waals surface area contributed by atoms with Gasteiger partial charge in [-0.2, -0.15) is 0 Å². The van der Waals surface area contributed by atoms with Crippen molar-refractivity contribution in [3.05, 3.63) is 12.7 Å². The Labute approximate surface area is 161 Å². The zero-order valence-electron chi connectivity index (χ0n) is 15.6. The molecule has 0 aromatic heterocycles. The maximum absolute atomic E-state index is 11.6. The highest BCUT2D eigenvalue weighted by Gasteiger charge is 2.58. The first-order valence-electron chi connectivity index (χ1n) is 8.12. The van der Waals surface area contributed by atoms with Crippen LogP contribution in [0.15, 0.2) is 12.7 Å². The minimum absolute atomic E-state index is 0.00632. The summed E-state index contributed by atoms with van der Waals surface area (Å²) in [6.45, 7) is 7.85. The fourth-order valence-corrected chi connectivity index (χ4v) is 3.09. The van der Waals surface area contributed by atoms with Gasteiger partial charge in [0.25, 0.3) is 0 Å². The summed E-state index contributed by atoms with van der Waals surface area (Å²) in [6, 6.07) is 0. The van der Waals surface area contributed by atoms with E-state index in [9.17, 15) is 19.2 Å². The Morgan fingerprint density at radius 1 is 0.963 bits per heavy atom. The first-order valence-corrected chi connectivity index (χ1v) is 8.50. The first-order chi connectivity index (χ1) is 12.5. The topological polar surface area (TPSA) is 114 Å². The summed E-state index contributed by atoms with van der Waals surface area (Å²) in [5.41, 5.74) is 0. The minimum Gasteiger partial charge on any atom is -0.463 e. The van der Waals surface area contributed by atoms with E-state index >= 15 is 0 Å². The SMILES string of the molecule is C=CC[C@]1(Cl)O[C@H](COC(C)=O)[C@@H](OC(C)=O)[C@H](OC(C)=O)[C@H]1OC(C)=O. The Morgan fingerprint density at radius 2 is 1.48 bits per heavy atom. The Bertz CT molecular complexity index is 605. The van der Waals surface area contributed by atoms with Crippen molar-refractivity contribution in [1.29, 1.82) is 0 Å². The van der Waals surface area contributed by atoms with E-state index < -0.39 is 53.4 Å². The van der Waals surface area contributed by atoms with Gasteiger partial charge in [-0.25, -0.2) is 0 Å². The lowest BCUT2D eigenvalue weighted by molar-refractivity contribution is -0.263. The molecule has 0 bridgehead atoms. The van der Waals surface area contributed by atoms with Crippen LogP contribution in [0.3, 0.4) is 0 Å². The highest BCUT2D eigenvalue weighted by atomic mass is 35.5. The lowest BCUT2D eigenvalue weighted by Gasteiger charge is -2.48. The van der Waals surface area contributed by atoms with Gasteiger partial charge in [-0.3, -0.25) is 19.2 Å². The number of hydrogen-bond acceptors (Lipinski definition) is 9. The van der Waals surface area contributed by atoms with Crippen LogP contribution in [0.25, 0.3) is 0 Å². The summed E-state index contributed by atoms with van der Waals surface area (Å²) in [4.78, 5) is 45.9. The van der Waals surface area contributed by atoms with E-state index in [1.807, 2.05) is 0 Å². The maximum atomic E-state index is 11.6. The number of halogens is 1. The van der Waals surface area contributed by atoms with E-state index in [0.717, 1.165) is 20.8 Å². The average molecular weight is 407 g/mol. The molecular formula is C17H23ClO9. The standard InChI is InChI=1S/C17H23ClO9/c1-6-7-17(18)16(26-12(5)22)15(25-11(4)21)14(24-10(3)20)13(27-17)8-23-9(2)19/h6,13-16H,1,7-8H2,2-5H3/t13-,14-,15+,16-,17+/m1/s1. The van der Waals surface area contributed by atoms with E-state index in [-0.39, 0.29) is 13.0 Å². The molecule has 0 unspecified atom stereocenters. The molecule has 0 radical (unpaired) electrons. The van der Waals surface area contributed by atoms with Crippen LogP contribution in [0, 0.1) is 0 Å².